The average molecular weight is 466 g/mol. The summed E-state index contributed by atoms with van der Waals surface area (Å²) < 4.78 is 8.76. The number of carbonyl (C=O) groups excluding carboxylic acids is 1. The van der Waals surface area contributed by atoms with E-state index in [2.05, 4.69) is 32.9 Å². The number of nitrogens with one attached hydrogen (secondary N) is 1. The molecule has 0 fully saturated rings. The highest BCUT2D eigenvalue weighted by atomic mass is 127. The molecule has 0 aliphatic heterocycles. The van der Waals surface area contributed by atoms with Crippen LogP contribution in [0, 0.1) is 3.57 Å². The molecule has 134 valence electrons. The molecule has 0 spiro atoms. The molecule has 2 aromatic heterocycles. The van der Waals surface area contributed by atoms with Gasteiger partial charge in [-0.25, -0.2) is 9.78 Å². The van der Waals surface area contributed by atoms with Gasteiger partial charge in [0, 0.05) is 17.7 Å². The summed E-state index contributed by atoms with van der Waals surface area (Å²) in [6, 6.07) is 8.79. The van der Waals surface area contributed by atoms with Crippen LogP contribution in [0.3, 0.4) is 0 Å². The zero-order valence-corrected chi connectivity index (χ0v) is 16.2. The van der Waals surface area contributed by atoms with Gasteiger partial charge >= 0.3 is 5.69 Å². The van der Waals surface area contributed by atoms with Gasteiger partial charge in [0.25, 0.3) is 11.5 Å². The van der Waals surface area contributed by atoms with Gasteiger partial charge in [0.15, 0.2) is 6.61 Å². The number of pyridine rings is 1. The third-order valence-electron chi connectivity index (χ3n) is 3.76. The first-order valence-electron chi connectivity index (χ1n) is 7.61. The number of aromatic nitrogens is 3. The predicted molar refractivity (Wildman–Crippen MR) is 106 cm³/mol. The van der Waals surface area contributed by atoms with Crippen LogP contribution in [0.2, 0.25) is 0 Å². The Morgan fingerprint density at radius 3 is 2.58 bits per heavy atom. The number of fused-ring (bicyclic) bond motifs is 1. The minimum atomic E-state index is -0.471. The fourth-order valence-corrected chi connectivity index (χ4v) is 2.77. The SMILES string of the molecule is Cn1c(=O)c2cc(NC(=O)COc3ccc(I)cc3)cnc2n(C)c1=O. The standard InChI is InChI=1S/C17H15IN4O4/c1-21-15-13(16(24)22(2)17(21)25)7-11(8-19-15)20-14(23)9-26-12-5-3-10(18)4-6-12/h3-8H,9H2,1-2H3,(H,20,23). The van der Waals surface area contributed by atoms with E-state index < -0.39 is 11.2 Å². The van der Waals surface area contributed by atoms with Crippen LogP contribution in [0.1, 0.15) is 0 Å². The lowest BCUT2D eigenvalue weighted by Crippen LogP contribution is -2.37. The summed E-state index contributed by atoms with van der Waals surface area (Å²) in [6.07, 6.45) is 1.39. The summed E-state index contributed by atoms with van der Waals surface area (Å²) in [4.78, 5) is 40.3. The zero-order valence-electron chi connectivity index (χ0n) is 14.0. The first kappa shape index (κ1) is 18.1. The van der Waals surface area contributed by atoms with Crippen LogP contribution in [-0.4, -0.2) is 26.6 Å². The third-order valence-corrected chi connectivity index (χ3v) is 4.48. The third kappa shape index (κ3) is 3.62. The van der Waals surface area contributed by atoms with Crippen LogP contribution in [0.4, 0.5) is 5.69 Å². The van der Waals surface area contributed by atoms with Gasteiger partial charge in [-0.15, -0.1) is 0 Å². The Balaban J connectivity index is 1.78. The molecule has 0 aliphatic rings. The number of ether oxygens (including phenoxy) is 1. The van der Waals surface area contributed by atoms with Gasteiger partial charge in [-0.1, -0.05) is 0 Å². The largest absolute Gasteiger partial charge is 0.484 e. The number of hydrogen-bond acceptors (Lipinski definition) is 5. The van der Waals surface area contributed by atoms with Crippen LogP contribution >= 0.6 is 22.6 Å². The molecule has 3 rings (SSSR count). The molecule has 2 heterocycles. The lowest BCUT2D eigenvalue weighted by Gasteiger charge is -2.10. The fourth-order valence-electron chi connectivity index (χ4n) is 2.41. The molecule has 0 unspecified atom stereocenters. The van der Waals surface area contributed by atoms with E-state index in [0.717, 1.165) is 8.14 Å². The Morgan fingerprint density at radius 1 is 1.19 bits per heavy atom. The molecule has 1 aromatic carbocycles. The van der Waals surface area contributed by atoms with E-state index in [-0.39, 0.29) is 23.5 Å². The first-order valence-corrected chi connectivity index (χ1v) is 8.68. The number of anilines is 1. The molecule has 0 aliphatic carbocycles. The van der Waals surface area contributed by atoms with Crippen LogP contribution in [0.5, 0.6) is 5.75 Å². The molecule has 0 radical (unpaired) electrons. The van der Waals surface area contributed by atoms with Crippen molar-refractivity contribution < 1.29 is 9.53 Å². The van der Waals surface area contributed by atoms with Crippen molar-refractivity contribution in [3.05, 3.63) is 60.9 Å². The van der Waals surface area contributed by atoms with Gasteiger partial charge in [0.05, 0.1) is 17.3 Å². The first-order chi connectivity index (χ1) is 12.4. The van der Waals surface area contributed by atoms with Crippen molar-refractivity contribution in [2.75, 3.05) is 11.9 Å². The van der Waals surface area contributed by atoms with Crippen molar-refractivity contribution in [1.29, 1.82) is 0 Å². The normalized spacial score (nSPS) is 10.7. The molecule has 1 N–H and O–H groups in total. The predicted octanol–water partition coefficient (Wildman–Crippen LogP) is 1.25. The Kier molecular flexibility index (Phi) is 5.07. The molecule has 0 bridgehead atoms. The molecule has 9 heteroatoms. The Labute approximate surface area is 161 Å². The molecule has 0 saturated heterocycles. The van der Waals surface area contributed by atoms with Gasteiger partial charge in [-0.2, -0.15) is 0 Å². The molecule has 26 heavy (non-hydrogen) atoms. The second kappa shape index (κ2) is 7.28. The summed E-state index contributed by atoms with van der Waals surface area (Å²) in [6.45, 7) is -0.177. The maximum Gasteiger partial charge on any atom is 0.332 e. The van der Waals surface area contributed by atoms with Gasteiger partial charge in [-0.3, -0.25) is 18.7 Å². The van der Waals surface area contributed by atoms with Crippen LogP contribution in [0.15, 0.2) is 46.1 Å². The Bertz CT molecular complexity index is 1100. The Morgan fingerprint density at radius 2 is 1.88 bits per heavy atom. The zero-order chi connectivity index (χ0) is 18.8. The van der Waals surface area contributed by atoms with Crippen molar-refractivity contribution >= 4 is 45.2 Å². The number of amides is 1. The van der Waals surface area contributed by atoms with Crippen molar-refractivity contribution in [3.63, 3.8) is 0 Å². The highest BCUT2D eigenvalue weighted by molar-refractivity contribution is 14.1. The second-order valence-corrected chi connectivity index (χ2v) is 6.84. The summed E-state index contributed by atoms with van der Waals surface area (Å²) >= 11 is 2.18. The highest BCUT2D eigenvalue weighted by Gasteiger charge is 2.11. The monoisotopic (exact) mass is 466 g/mol. The summed E-state index contributed by atoms with van der Waals surface area (Å²) in [5, 5.41) is 2.87. The number of carbonyl (C=O) groups is 1. The van der Waals surface area contributed by atoms with Gasteiger partial charge in [-0.05, 0) is 52.9 Å². The number of nitrogens with zero attached hydrogens (tertiary/aromatic N) is 3. The van der Waals surface area contributed by atoms with Crippen LogP contribution in [0.25, 0.3) is 11.0 Å². The number of benzene rings is 1. The van der Waals surface area contributed by atoms with E-state index in [9.17, 15) is 14.4 Å². The van der Waals surface area contributed by atoms with Crippen molar-refractivity contribution in [1.82, 2.24) is 14.1 Å². The number of halogens is 1. The lowest BCUT2D eigenvalue weighted by atomic mass is 10.3. The summed E-state index contributed by atoms with van der Waals surface area (Å²) in [5.74, 6) is 0.201. The number of aryl methyl sites for hydroxylation is 1. The minimum Gasteiger partial charge on any atom is -0.484 e. The lowest BCUT2D eigenvalue weighted by molar-refractivity contribution is -0.118. The summed E-state index contributed by atoms with van der Waals surface area (Å²) in [7, 11) is 2.93. The molecule has 1 amide bonds. The van der Waals surface area contributed by atoms with Crippen LogP contribution < -0.4 is 21.3 Å². The van der Waals surface area contributed by atoms with E-state index in [0.29, 0.717) is 11.4 Å². The van der Waals surface area contributed by atoms with Gasteiger partial charge in [0.2, 0.25) is 0 Å². The highest BCUT2D eigenvalue weighted by Crippen LogP contribution is 2.14. The molecule has 0 atom stereocenters. The molecular weight excluding hydrogens is 451 g/mol. The fraction of sp³-hybridized carbons (Fsp3) is 0.176. The minimum absolute atomic E-state index is 0.177. The van der Waals surface area contributed by atoms with E-state index in [1.54, 1.807) is 12.1 Å². The smallest absolute Gasteiger partial charge is 0.332 e. The molecule has 8 nitrogen and oxygen atoms in total. The maximum absolute atomic E-state index is 12.2. The molecule has 3 aromatic rings. The van der Waals surface area contributed by atoms with Crippen molar-refractivity contribution in [2.24, 2.45) is 14.1 Å². The molecular formula is C17H15IN4O4. The van der Waals surface area contributed by atoms with Crippen LogP contribution in [-0.2, 0) is 18.9 Å². The van der Waals surface area contributed by atoms with Crippen molar-refractivity contribution in [3.8, 4) is 5.75 Å². The maximum atomic E-state index is 12.2. The van der Waals surface area contributed by atoms with E-state index in [1.807, 2.05) is 12.1 Å². The second-order valence-electron chi connectivity index (χ2n) is 5.59. The van der Waals surface area contributed by atoms with E-state index in [4.69, 9.17) is 4.74 Å². The number of hydrogen-bond donors (Lipinski definition) is 1. The topological polar surface area (TPSA) is 95.2 Å². The summed E-state index contributed by atoms with van der Waals surface area (Å²) in [5.41, 5.74) is -0.324. The van der Waals surface area contributed by atoms with Gasteiger partial charge in [0.1, 0.15) is 11.4 Å². The molecule has 0 saturated carbocycles. The Hall–Kier alpha value is -2.69. The van der Waals surface area contributed by atoms with E-state index >= 15 is 0 Å². The average Bonchev–Trinajstić information content (AvgIpc) is 2.64. The van der Waals surface area contributed by atoms with E-state index in [1.165, 1.54) is 30.9 Å². The number of rotatable bonds is 4. The quantitative estimate of drug-likeness (QED) is 0.585. The van der Waals surface area contributed by atoms with Crippen molar-refractivity contribution in [2.45, 2.75) is 0 Å². The van der Waals surface area contributed by atoms with Gasteiger partial charge < -0.3 is 10.1 Å².